The summed E-state index contributed by atoms with van der Waals surface area (Å²) in [5, 5.41) is 13.0. The third-order valence-electron chi connectivity index (χ3n) is 5.05. The fraction of sp³-hybridized carbons (Fsp3) is 0.409. The Morgan fingerprint density at radius 1 is 1.11 bits per heavy atom. The number of benzene rings is 2. The van der Waals surface area contributed by atoms with Crippen molar-refractivity contribution in [3.05, 3.63) is 59.7 Å². The predicted molar refractivity (Wildman–Crippen MR) is 107 cm³/mol. The molecule has 2 aromatic rings. The molecule has 144 valence electrons. The summed E-state index contributed by atoms with van der Waals surface area (Å²) >= 11 is 0. The molecule has 1 aliphatic carbocycles. The standard InChI is InChI=1S/C22H28N2O3/c1-22(26,12-13-24(2)3)15-23-21(25)27-14-20-18-10-6-4-8-16(18)17-9-5-7-11-19(17)20/h4-11,20,26H,12-15H2,1-3H3,(H,23,25). The predicted octanol–water partition coefficient (Wildman–Crippen LogP) is 3.23. The van der Waals surface area contributed by atoms with Crippen molar-refractivity contribution in [3.63, 3.8) is 0 Å². The molecule has 0 fully saturated rings. The smallest absolute Gasteiger partial charge is 0.407 e. The van der Waals surface area contributed by atoms with Crippen LogP contribution < -0.4 is 5.32 Å². The highest BCUT2D eigenvalue weighted by Crippen LogP contribution is 2.44. The molecule has 0 saturated heterocycles. The average molecular weight is 368 g/mol. The van der Waals surface area contributed by atoms with Crippen molar-refractivity contribution in [3.8, 4) is 11.1 Å². The van der Waals surface area contributed by atoms with Crippen LogP contribution in [0, 0.1) is 0 Å². The SMILES string of the molecule is CN(C)CCC(C)(O)CNC(=O)OCC1c2ccccc2-c2ccccc21. The van der Waals surface area contributed by atoms with Gasteiger partial charge in [0.1, 0.15) is 6.61 Å². The third kappa shape index (κ3) is 4.67. The highest BCUT2D eigenvalue weighted by atomic mass is 16.5. The minimum absolute atomic E-state index is 0.0393. The Morgan fingerprint density at radius 3 is 2.22 bits per heavy atom. The van der Waals surface area contributed by atoms with Gasteiger partial charge < -0.3 is 20.1 Å². The van der Waals surface area contributed by atoms with Crippen molar-refractivity contribution in [1.29, 1.82) is 0 Å². The zero-order valence-corrected chi connectivity index (χ0v) is 16.2. The highest BCUT2D eigenvalue weighted by molar-refractivity contribution is 5.79. The van der Waals surface area contributed by atoms with E-state index in [1.807, 2.05) is 43.3 Å². The number of aliphatic hydroxyl groups is 1. The quantitative estimate of drug-likeness (QED) is 0.788. The monoisotopic (exact) mass is 368 g/mol. The first-order valence-electron chi connectivity index (χ1n) is 9.33. The first-order valence-corrected chi connectivity index (χ1v) is 9.33. The van der Waals surface area contributed by atoms with Gasteiger partial charge in [0.2, 0.25) is 0 Å². The molecule has 0 aliphatic heterocycles. The van der Waals surface area contributed by atoms with Crippen LogP contribution in [0.3, 0.4) is 0 Å². The number of hydrogen-bond acceptors (Lipinski definition) is 4. The van der Waals surface area contributed by atoms with E-state index in [9.17, 15) is 9.90 Å². The van der Waals surface area contributed by atoms with Crippen LogP contribution in [0.5, 0.6) is 0 Å². The Morgan fingerprint density at radius 2 is 1.67 bits per heavy atom. The summed E-state index contributed by atoms with van der Waals surface area (Å²) in [6.45, 7) is 2.91. The highest BCUT2D eigenvalue weighted by Gasteiger charge is 2.29. The summed E-state index contributed by atoms with van der Waals surface area (Å²) in [5.41, 5.74) is 3.81. The van der Waals surface area contributed by atoms with Gasteiger partial charge in [-0.05, 0) is 49.7 Å². The summed E-state index contributed by atoms with van der Waals surface area (Å²) in [5.74, 6) is 0.0393. The van der Waals surface area contributed by atoms with Gasteiger partial charge in [-0.15, -0.1) is 0 Å². The average Bonchev–Trinajstić information content (AvgIpc) is 2.97. The number of nitrogens with zero attached hydrogens (tertiary/aromatic N) is 1. The normalized spacial score (nSPS) is 15.1. The fourth-order valence-electron chi connectivity index (χ4n) is 3.46. The van der Waals surface area contributed by atoms with Gasteiger partial charge in [0.15, 0.2) is 0 Å². The molecule has 0 spiro atoms. The molecule has 5 nitrogen and oxygen atoms in total. The fourth-order valence-corrected chi connectivity index (χ4v) is 3.46. The molecule has 3 rings (SSSR count). The molecule has 1 atom stereocenters. The van der Waals surface area contributed by atoms with Crippen molar-refractivity contribution in [2.45, 2.75) is 24.9 Å². The molecule has 0 bridgehead atoms. The second kappa shape index (κ2) is 8.11. The zero-order valence-electron chi connectivity index (χ0n) is 16.2. The lowest BCUT2D eigenvalue weighted by Gasteiger charge is -2.25. The Labute approximate surface area is 161 Å². The van der Waals surface area contributed by atoms with Crippen molar-refractivity contribution in [1.82, 2.24) is 10.2 Å². The van der Waals surface area contributed by atoms with Crippen molar-refractivity contribution in [2.75, 3.05) is 33.8 Å². The lowest BCUT2D eigenvalue weighted by Crippen LogP contribution is -2.42. The first kappa shape index (κ1) is 19.4. The number of alkyl carbamates (subject to hydrolysis) is 1. The maximum Gasteiger partial charge on any atom is 0.407 e. The number of nitrogens with one attached hydrogen (secondary N) is 1. The Balaban J connectivity index is 1.58. The Kier molecular flexibility index (Phi) is 5.82. The van der Waals surface area contributed by atoms with E-state index in [0.29, 0.717) is 6.42 Å². The molecule has 1 aliphatic rings. The minimum Gasteiger partial charge on any atom is -0.449 e. The summed E-state index contributed by atoms with van der Waals surface area (Å²) in [4.78, 5) is 14.2. The summed E-state index contributed by atoms with van der Waals surface area (Å²) < 4.78 is 5.49. The van der Waals surface area contributed by atoms with Crippen LogP contribution in [0.25, 0.3) is 11.1 Å². The molecule has 0 saturated carbocycles. The largest absolute Gasteiger partial charge is 0.449 e. The van der Waals surface area contributed by atoms with Gasteiger partial charge in [0, 0.05) is 19.0 Å². The van der Waals surface area contributed by atoms with Gasteiger partial charge in [-0.1, -0.05) is 48.5 Å². The third-order valence-corrected chi connectivity index (χ3v) is 5.05. The van der Waals surface area contributed by atoms with Crippen LogP contribution in [0.1, 0.15) is 30.4 Å². The Bertz CT molecular complexity index is 756. The molecule has 27 heavy (non-hydrogen) atoms. The molecule has 2 N–H and O–H groups in total. The van der Waals surface area contributed by atoms with E-state index < -0.39 is 11.7 Å². The van der Waals surface area contributed by atoms with Crippen molar-refractivity contribution >= 4 is 6.09 Å². The van der Waals surface area contributed by atoms with Crippen LogP contribution in [-0.4, -0.2) is 55.5 Å². The molecule has 0 aromatic heterocycles. The second-order valence-corrected chi connectivity index (χ2v) is 7.73. The maximum atomic E-state index is 12.2. The van der Waals surface area contributed by atoms with Gasteiger partial charge in [0.05, 0.1) is 5.60 Å². The molecule has 0 heterocycles. The van der Waals surface area contributed by atoms with Crippen LogP contribution in [0.4, 0.5) is 4.79 Å². The molecule has 1 unspecified atom stereocenters. The molecule has 0 radical (unpaired) electrons. The van der Waals surface area contributed by atoms with Gasteiger partial charge >= 0.3 is 6.09 Å². The summed E-state index contributed by atoms with van der Waals surface area (Å²) in [7, 11) is 3.91. The molecular formula is C22H28N2O3. The van der Waals surface area contributed by atoms with Gasteiger partial charge in [-0.25, -0.2) is 4.79 Å². The van der Waals surface area contributed by atoms with E-state index in [1.165, 1.54) is 22.3 Å². The van der Waals surface area contributed by atoms with Crippen LogP contribution in [0.2, 0.25) is 0 Å². The Hall–Kier alpha value is -2.37. The van der Waals surface area contributed by atoms with E-state index in [1.54, 1.807) is 6.92 Å². The maximum absolute atomic E-state index is 12.2. The van der Waals surface area contributed by atoms with E-state index >= 15 is 0 Å². The number of amides is 1. The van der Waals surface area contributed by atoms with Gasteiger partial charge in [-0.3, -0.25) is 0 Å². The number of carbonyl (C=O) groups is 1. The van der Waals surface area contributed by atoms with Crippen molar-refractivity contribution < 1.29 is 14.6 Å². The summed E-state index contributed by atoms with van der Waals surface area (Å²) in [6, 6.07) is 16.5. The van der Waals surface area contributed by atoms with Crippen LogP contribution >= 0.6 is 0 Å². The van der Waals surface area contributed by atoms with E-state index in [4.69, 9.17) is 4.74 Å². The lowest BCUT2D eigenvalue weighted by molar-refractivity contribution is 0.0415. The topological polar surface area (TPSA) is 61.8 Å². The van der Waals surface area contributed by atoms with Crippen LogP contribution in [0.15, 0.2) is 48.5 Å². The summed E-state index contributed by atoms with van der Waals surface area (Å²) in [6.07, 6.45) is 0.0749. The minimum atomic E-state index is -0.962. The number of fused-ring (bicyclic) bond motifs is 3. The number of rotatable bonds is 7. The van der Waals surface area contributed by atoms with Gasteiger partial charge in [0.25, 0.3) is 0 Å². The number of ether oxygens (including phenoxy) is 1. The number of hydrogen-bond donors (Lipinski definition) is 2. The van der Waals surface area contributed by atoms with E-state index in [2.05, 4.69) is 29.6 Å². The molecule has 2 aromatic carbocycles. The molecule has 5 heteroatoms. The van der Waals surface area contributed by atoms with Crippen LogP contribution in [-0.2, 0) is 4.74 Å². The zero-order chi connectivity index (χ0) is 19.4. The second-order valence-electron chi connectivity index (χ2n) is 7.73. The van der Waals surface area contributed by atoms with Gasteiger partial charge in [-0.2, -0.15) is 0 Å². The molecular weight excluding hydrogens is 340 g/mol. The first-order chi connectivity index (χ1) is 12.9. The van der Waals surface area contributed by atoms with E-state index in [0.717, 1.165) is 6.54 Å². The van der Waals surface area contributed by atoms with Crippen molar-refractivity contribution in [2.24, 2.45) is 0 Å². The lowest BCUT2D eigenvalue weighted by atomic mass is 9.98. The molecule has 1 amide bonds. The van der Waals surface area contributed by atoms with E-state index in [-0.39, 0.29) is 19.1 Å². The number of carbonyl (C=O) groups excluding carboxylic acids is 1.